The predicted molar refractivity (Wildman–Crippen MR) is 73.4 cm³/mol. The highest BCUT2D eigenvalue weighted by atomic mass is 79.9. The van der Waals surface area contributed by atoms with Crippen molar-refractivity contribution in [3.63, 3.8) is 0 Å². The van der Waals surface area contributed by atoms with Crippen LogP contribution in [0, 0.1) is 6.92 Å². The third kappa shape index (κ3) is 3.20. The molecule has 2 nitrogen and oxygen atoms in total. The number of aromatic nitrogens is 2. The molecule has 0 radical (unpaired) electrons. The predicted octanol–water partition coefficient (Wildman–Crippen LogP) is 4.55. The normalized spacial score (nSPS) is 10.7. The number of thioether (sulfide) groups is 1. The van der Waals surface area contributed by atoms with Crippen molar-refractivity contribution in [3.05, 3.63) is 39.1 Å². The molecule has 0 saturated carbocycles. The summed E-state index contributed by atoms with van der Waals surface area (Å²) < 4.78 is 6.12. The van der Waals surface area contributed by atoms with Gasteiger partial charge in [-0.05, 0) is 36.2 Å². The molecular weight excluding hydrogens is 328 g/mol. The van der Waals surface area contributed by atoms with Crippen LogP contribution in [-0.2, 0) is 5.75 Å². The summed E-state index contributed by atoms with van der Waals surface area (Å²) in [5.74, 6) is 1.65. The average Bonchev–Trinajstić information content (AvgIpc) is 2.63. The Kier molecular flexibility index (Phi) is 4.24. The fourth-order valence-electron chi connectivity index (χ4n) is 1.11. The van der Waals surface area contributed by atoms with Crippen LogP contribution in [0.5, 0.6) is 0 Å². The van der Waals surface area contributed by atoms with Gasteiger partial charge in [-0.3, -0.25) is 0 Å². The molecule has 0 N–H and O–H groups in total. The van der Waals surface area contributed by atoms with Gasteiger partial charge in [0.1, 0.15) is 5.82 Å². The van der Waals surface area contributed by atoms with E-state index in [0.29, 0.717) is 0 Å². The second-order valence-corrected chi connectivity index (χ2v) is 6.43. The summed E-state index contributed by atoms with van der Waals surface area (Å²) in [7, 11) is 0. The standard InChI is InChI=1S/C10H8BrClN2S2/c1-6-13-10(16-14-6)15-5-7-2-3-8(11)4-9(7)12/h2-4H,5H2,1H3. The summed E-state index contributed by atoms with van der Waals surface area (Å²) in [6, 6.07) is 5.92. The monoisotopic (exact) mass is 334 g/mol. The maximum Gasteiger partial charge on any atom is 0.170 e. The van der Waals surface area contributed by atoms with Gasteiger partial charge in [0.25, 0.3) is 0 Å². The number of aryl methyl sites for hydroxylation is 1. The molecule has 0 fully saturated rings. The number of nitrogens with zero attached hydrogens (tertiary/aromatic N) is 2. The lowest BCUT2D eigenvalue weighted by Crippen LogP contribution is -1.82. The van der Waals surface area contributed by atoms with Crippen molar-refractivity contribution in [1.82, 2.24) is 9.36 Å². The molecule has 0 atom stereocenters. The van der Waals surface area contributed by atoms with Crippen molar-refractivity contribution in [2.75, 3.05) is 0 Å². The van der Waals surface area contributed by atoms with Gasteiger partial charge in [0.05, 0.1) is 0 Å². The maximum atomic E-state index is 6.12. The Hall–Kier alpha value is -0.100. The van der Waals surface area contributed by atoms with E-state index in [1.54, 1.807) is 11.8 Å². The third-order valence-electron chi connectivity index (χ3n) is 1.88. The number of benzene rings is 1. The Labute approximate surface area is 116 Å². The van der Waals surface area contributed by atoms with Gasteiger partial charge in [0.15, 0.2) is 4.34 Å². The van der Waals surface area contributed by atoms with Gasteiger partial charge in [-0.15, -0.1) is 0 Å². The SMILES string of the molecule is Cc1nsc(SCc2ccc(Br)cc2Cl)n1. The van der Waals surface area contributed by atoms with Crippen molar-refractivity contribution in [2.24, 2.45) is 0 Å². The molecule has 0 unspecified atom stereocenters. The van der Waals surface area contributed by atoms with Gasteiger partial charge >= 0.3 is 0 Å². The summed E-state index contributed by atoms with van der Waals surface area (Å²) in [5, 5.41) is 0.781. The minimum Gasteiger partial charge on any atom is -0.213 e. The Morgan fingerprint density at radius 3 is 2.94 bits per heavy atom. The minimum atomic E-state index is 0.781. The van der Waals surface area contributed by atoms with Gasteiger partial charge < -0.3 is 0 Å². The quantitative estimate of drug-likeness (QED) is 0.769. The Morgan fingerprint density at radius 2 is 2.31 bits per heavy atom. The Morgan fingerprint density at radius 1 is 1.50 bits per heavy atom. The van der Waals surface area contributed by atoms with Crippen LogP contribution in [0.15, 0.2) is 27.0 Å². The fourth-order valence-corrected chi connectivity index (χ4v) is 3.59. The Balaban J connectivity index is 2.04. The van der Waals surface area contributed by atoms with E-state index in [1.165, 1.54) is 11.5 Å². The van der Waals surface area contributed by atoms with Crippen molar-refractivity contribution >= 4 is 50.8 Å². The van der Waals surface area contributed by atoms with Crippen molar-refractivity contribution in [3.8, 4) is 0 Å². The molecule has 0 bridgehead atoms. The van der Waals surface area contributed by atoms with Gasteiger partial charge in [-0.1, -0.05) is 45.4 Å². The minimum absolute atomic E-state index is 0.781. The lowest BCUT2D eigenvalue weighted by Gasteiger charge is -2.02. The molecule has 0 spiro atoms. The number of rotatable bonds is 3. The first-order valence-corrected chi connectivity index (χ1v) is 7.45. The molecule has 2 rings (SSSR count). The molecule has 0 aliphatic rings. The van der Waals surface area contributed by atoms with Crippen LogP contribution in [-0.4, -0.2) is 9.36 Å². The zero-order valence-electron chi connectivity index (χ0n) is 8.41. The smallest absolute Gasteiger partial charge is 0.170 e. The molecule has 1 aromatic heterocycles. The van der Waals surface area contributed by atoms with Crippen LogP contribution in [0.3, 0.4) is 0 Å². The van der Waals surface area contributed by atoms with Crippen molar-refractivity contribution in [2.45, 2.75) is 17.0 Å². The molecule has 2 aromatic rings. The highest BCUT2D eigenvalue weighted by Crippen LogP contribution is 2.29. The highest BCUT2D eigenvalue weighted by molar-refractivity contribution is 9.10. The molecule has 0 aliphatic heterocycles. The lowest BCUT2D eigenvalue weighted by molar-refractivity contribution is 1.10. The van der Waals surface area contributed by atoms with Crippen LogP contribution in [0.1, 0.15) is 11.4 Å². The summed E-state index contributed by atoms with van der Waals surface area (Å²) >= 11 is 12.6. The van der Waals surface area contributed by atoms with Crippen molar-refractivity contribution in [1.29, 1.82) is 0 Å². The molecule has 1 aromatic carbocycles. The second-order valence-electron chi connectivity index (χ2n) is 3.13. The largest absolute Gasteiger partial charge is 0.213 e. The number of halogens is 2. The highest BCUT2D eigenvalue weighted by Gasteiger charge is 2.05. The summed E-state index contributed by atoms with van der Waals surface area (Å²) in [6.07, 6.45) is 0. The number of hydrogen-bond donors (Lipinski definition) is 0. The van der Waals surface area contributed by atoms with Crippen LogP contribution >= 0.6 is 50.8 Å². The van der Waals surface area contributed by atoms with Gasteiger partial charge in [-0.2, -0.15) is 4.37 Å². The third-order valence-corrected chi connectivity index (χ3v) is 4.69. The second kappa shape index (κ2) is 5.49. The first kappa shape index (κ1) is 12.4. The lowest BCUT2D eigenvalue weighted by atomic mass is 10.2. The van der Waals surface area contributed by atoms with E-state index in [9.17, 15) is 0 Å². The topological polar surface area (TPSA) is 25.8 Å². The molecule has 6 heteroatoms. The van der Waals surface area contributed by atoms with Crippen LogP contribution in [0.2, 0.25) is 5.02 Å². The molecule has 0 amide bonds. The van der Waals surface area contributed by atoms with E-state index in [4.69, 9.17) is 11.6 Å². The summed E-state index contributed by atoms with van der Waals surface area (Å²) in [4.78, 5) is 4.29. The zero-order valence-corrected chi connectivity index (χ0v) is 12.4. The maximum absolute atomic E-state index is 6.12. The van der Waals surface area contributed by atoms with E-state index in [1.807, 2.05) is 25.1 Å². The molecule has 1 heterocycles. The first-order chi connectivity index (χ1) is 7.65. The van der Waals surface area contributed by atoms with E-state index >= 15 is 0 Å². The average molecular weight is 336 g/mol. The van der Waals surface area contributed by atoms with Crippen LogP contribution in [0.4, 0.5) is 0 Å². The van der Waals surface area contributed by atoms with Gasteiger partial charge in [-0.25, -0.2) is 4.98 Å². The van der Waals surface area contributed by atoms with E-state index in [2.05, 4.69) is 25.3 Å². The summed E-state index contributed by atoms with van der Waals surface area (Å²) in [6.45, 7) is 1.90. The first-order valence-electron chi connectivity index (χ1n) is 4.52. The van der Waals surface area contributed by atoms with Crippen LogP contribution < -0.4 is 0 Å². The van der Waals surface area contributed by atoms with E-state index < -0.39 is 0 Å². The number of hydrogen-bond acceptors (Lipinski definition) is 4. The van der Waals surface area contributed by atoms with Gasteiger partial charge in [0.2, 0.25) is 0 Å². The summed E-state index contributed by atoms with van der Waals surface area (Å²) in [5.41, 5.74) is 1.11. The zero-order chi connectivity index (χ0) is 11.5. The molecular formula is C10H8BrClN2S2. The fraction of sp³-hybridized carbons (Fsp3) is 0.200. The molecule has 16 heavy (non-hydrogen) atoms. The van der Waals surface area contributed by atoms with Gasteiger partial charge in [0, 0.05) is 15.2 Å². The van der Waals surface area contributed by atoms with Crippen molar-refractivity contribution < 1.29 is 0 Å². The molecule has 84 valence electrons. The van der Waals surface area contributed by atoms with Crippen LogP contribution in [0.25, 0.3) is 0 Å². The Bertz CT molecular complexity index is 501. The van der Waals surface area contributed by atoms with E-state index in [-0.39, 0.29) is 0 Å². The molecule has 0 aliphatic carbocycles. The van der Waals surface area contributed by atoms with E-state index in [0.717, 1.165) is 31.0 Å². The molecule has 0 saturated heterocycles.